The van der Waals surface area contributed by atoms with Crippen molar-refractivity contribution in [3.63, 3.8) is 0 Å². The van der Waals surface area contributed by atoms with Crippen LogP contribution in [0.25, 0.3) is 0 Å². The zero-order valence-electron chi connectivity index (χ0n) is 12.1. The minimum absolute atomic E-state index is 0.395. The molecule has 0 aromatic carbocycles. The van der Waals surface area contributed by atoms with Crippen LogP contribution in [0, 0.1) is 19.8 Å². The number of hydrogen-bond donors (Lipinski definition) is 1. The molecule has 18 heavy (non-hydrogen) atoms. The van der Waals surface area contributed by atoms with Crippen LogP contribution in [0.1, 0.15) is 67.6 Å². The maximum Gasteiger partial charge on any atom is 0.0900 e. The van der Waals surface area contributed by atoms with Crippen LogP contribution in [0.3, 0.4) is 0 Å². The van der Waals surface area contributed by atoms with Gasteiger partial charge in [0.25, 0.3) is 0 Å². The lowest BCUT2D eigenvalue weighted by Gasteiger charge is -2.33. The summed E-state index contributed by atoms with van der Waals surface area (Å²) in [4.78, 5) is 6.05. The molecular weight excluding hydrogens is 240 g/mol. The molecular formula is C15H26N2S. The Kier molecular flexibility index (Phi) is 4.79. The van der Waals surface area contributed by atoms with Gasteiger partial charge in [0.15, 0.2) is 0 Å². The summed E-state index contributed by atoms with van der Waals surface area (Å²) in [5.74, 6) is 0.862. The number of hydrogen-bond acceptors (Lipinski definition) is 3. The van der Waals surface area contributed by atoms with Crippen molar-refractivity contribution in [3.05, 3.63) is 15.6 Å². The lowest BCUT2D eigenvalue weighted by molar-refractivity contribution is 0.239. The van der Waals surface area contributed by atoms with Crippen molar-refractivity contribution >= 4 is 11.3 Å². The lowest BCUT2D eigenvalue weighted by Crippen LogP contribution is -2.39. The van der Waals surface area contributed by atoms with Gasteiger partial charge in [-0.05, 0) is 39.5 Å². The molecule has 1 heterocycles. The fourth-order valence-corrected chi connectivity index (χ4v) is 4.18. The monoisotopic (exact) mass is 266 g/mol. The standard InChI is InChI=1S/C15H26N2S/c1-5-13-8-6-7-9-14(13)16-10(2)15-11(3)18-12(4)17-15/h10,13-14,16H,5-9H2,1-4H3. The molecule has 2 rings (SSSR count). The van der Waals surface area contributed by atoms with Gasteiger partial charge in [-0.2, -0.15) is 0 Å². The number of thiazole rings is 1. The number of aryl methyl sites for hydroxylation is 2. The van der Waals surface area contributed by atoms with Crippen molar-refractivity contribution in [3.8, 4) is 0 Å². The van der Waals surface area contributed by atoms with Crippen molar-refractivity contribution in [2.24, 2.45) is 5.92 Å². The Morgan fingerprint density at radius 3 is 2.67 bits per heavy atom. The van der Waals surface area contributed by atoms with E-state index in [1.165, 1.54) is 47.7 Å². The topological polar surface area (TPSA) is 24.9 Å². The summed E-state index contributed by atoms with van der Waals surface area (Å²) in [6.07, 6.45) is 6.84. The summed E-state index contributed by atoms with van der Waals surface area (Å²) < 4.78 is 0. The maximum absolute atomic E-state index is 4.68. The van der Waals surface area contributed by atoms with Crippen LogP contribution in [0.2, 0.25) is 0 Å². The molecule has 2 nitrogen and oxygen atoms in total. The molecule has 1 fully saturated rings. The SMILES string of the molecule is CCC1CCCCC1NC(C)c1nc(C)sc1C. The van der Waals surface area contributed by atoms with E-state index in [1.807, 2.05) is 11.3 Å². The third-order valence-electron chi connectivity index (χ3n) is 4.25. The van der Waals surface area contributed by atoms with E-state index in [9.17, 15) is 0 Å². The number of nitrogens with zero attached hydrogens (tertiary/aromatic N) is 1. The van der Waals surface area contributed by atoms with Crippen LogP contribution in [-0.2, 0) is 0 Å². The number of rotatable bonds is 4. The van der Waals surface area contributed by atoms with Crippen LogP contribution < -0.4 is 5.32 Å². The molecule has 0 aliphatic heterocycles. The molecule has 102 valence electrons. The minimum Gasteiger partial charge on any atom is -0.306 e. The first-order valence-corrected chi connectivity index (χ1v) is 8.13. The lowest BCUT2D eigenvalue weighted by atomic mass is 9.82. The molecule has 1 N–H and O–H groups in total. The third kappa shape index (κ3) is 3.12. The summed E-state index contributed by atoms with van der Waals surface area (Å²) in [5.41, 5.74) is 1.26. The van der Waals surface area contributed by atoms with Crippen LogP contribution in [0.5, 0.6) is 0 Å². The highest BCUT2D eigenvalue weighted by Gasteiger charge is 2.26. The molecule has 0 amide bonds. The van der Waals surface area contributed by atoms with E-state index < -0.39 is 0 Å². The second-order valence-corrected chi connectivity index (χ2v) is 7.03. The van der Waals surface area contributed by atoms with Gasteiger partial charge in [0.1, 0.15) is 0 Å². The van der Waals surface area contributed by atoms with Crippen molar-refractivity contribution < 1.29 is 0 Å². The second kappa shape index (κ2) is 6.16. The number of aromatic nitrogens is 1. The van der Waals surface area contributed by atoms with Gasteiger partial charge in [0.05, 0.1) is 10.7 Å². The predicted octanol–water partition coefficient (Wildman–Crippen LogP) is 4.38. The first-order chi connectivity index (χ1) is 8.61. The molecule has 3 atom stereocenters. The quantitative estimate of drug-likeness (QED) is 0.875. The summed E-state index contributed by atoms with van der Waals surface area (Å²) >= 11 is 1.82. The van der Waals surface area contributed by atoms with Crippen LogP contribution in [-0.4, -0.2) is 11.0 Å². The summed E-state index contributed by atoms with van der Waals surface area (Å²) in [6.45, 7) is 8.89. The van der Waals surface area contributed by atoms with Crippen molar-refractivity contribution in [1.29, 1.82) is 0 Å². The van der Waals surface area contributed by atoms with E-state index in [4.69, 9.17) is 0 Å². The fourth-order valence-electron chi connectivity index (χ4n) is 3.26. The Morgan fingerprint density at radius 2 is 2.06 bits per heavy atom. The van der Waals surface area contributed by atoms with Crippen LogP contribution in [0.15, 0.2) is 0 Å². The first kappa shape index (κ1) is 14.0. The van der Waals surface area contributed by atoms with Gasteiger partial charge in [0.2, 0.25) is 0 Å². The molecule has 3 unspecified atom stereocenters. The predicted molar refractivity (Wildman–Crippen MR) is 79.2 cm³/mol. The van der Waals surface area contributed by atoms with Gasteiger partial charge in [-0.15, -0.1) is 11.3 Å². The van der Waals surface area contributed by atoms with E-state index in [0.717, 1.165) is 5.92 Å². The van der Waals surface area contributed by atoms with Crippen LogP contribution >= 0.6 is 11.3 Å². The van der Waals surface area contributed by atoms with Gasteiger partial charge < -0.3 is 5.32 Å². The van der Waals surface area contributed by atoms with Crippen molar-refractivity contribution in [1.82, 2.24) is 10.3 Å². The zero-order valence-corrected chi connectivity index (χ0v) is 12.9. The summed E-state index contributed by atoms with van der Waals surface area (Å²) in [5, 5.41) is 5.02. The highest BCUT2D eigenvalue weighted by molar-refractivity contribution is 7.11. The molecule has 0 radical (unpaired) electrons. The highest BCUT2D eigenvalue weighted by Crippen LogP contribution is 2.30. The first-order valence-electron chi connectivity index (χ1n) is 7.31. The Bertz CT molecular complexity index is 386. The summed E-state index contributed by atoms with van der Waals surface area (Å²) in [7, 11) is 0. The molecule has 3 heteroatoms. The molecule has 1 aliphatic rings. The fraction of sp³-hybridized carbons (Fsp3) is 0.800. The van der Waals surface area contributed by atoms with E-state index >= 15 is 0 Å². The van der Waals surface area contributed by atoms with Crippen molar-refractivity contribution in [2.75, 3.05) is 0 Å². The molecule has 1 aromatic rings. The Morgan fingerprint density at radius 1 is 1.33 bits per heavy atom. The second-order valence-electron chi connectivity index (χ2n) is 5.62. The average molecular weight is 266 g/mol. The van der Waals surface area contributed by atoms with E-state index in [1.54, 1.807) is 0 Å². The maximum atomic E-state index is 4.68. The van der Waals surface area contributed by atoms with Gasteiger partial charge >= 0.3 is 0 Å². The highest BCUT2D eigenvalue weighted by atomic mass is 32.1. The Labute approximate surface area is 115 Å². The van der Waals surface area contributed by atoms with E-state index in [-0.39, 0.29) is 0 Å². The van der Waals surface area contributed by atoms with Crippen molar-refractivity contribution in [2.45, 2.75) is 71.9 Å². The largest absolute Gasteiger partial charge is 0.306 e. The summed E-state index contributed by atoms with van der Waals surface area (Å²) in [6, 6.07) is 1.09. The van der Waals surface area contributed by atoms with E-state index in [2.05, 4.69) is 38.0 Å². The molecule has 0 saturated heterocycles. The van der Waals surface area contributed by atoms with Gasteiger partial charge in [-0.3, -0.25) is 0 Å². The minimum atomic E-state index is 0.395. The van der Waals surface area contributed by atoms with Crippen LogP contribution in [0.4, 0.5) is 0 Å². The molecule has 1 aliphatic carbocycles. The molecule has 1 saturated carbocycles. The Hall–Kier alpha value is -0.410. The smallest absolute Gasteiger partial charge is 0.0900 e. The Balaban J connectivity index is 2.01. The molecule has 1 aromatic heterocycles. The third-order valence-corrected chi connectivity index (χ3v) is 5.15. The average Bonchev–Trinajstić information content (AvgIpc) is 2.69. The van der Waals surface area contributed by atoms with Gasteiger partial charge in [0, 0.05) is 17.0 Å². The zero-order chi connectivity index (χ0) is 13.1. The van der Waals surface area contributed by atoms with Gasteiger partial charge in [-0.1, -0.05) is 26.2 Å². The molecule has 0 spiro atoms. The van der Waals surface area contributed by atoms with Gasteiger partial charge in [-0.25, -0.2) is 4.98 Å². The normalized spacial score (nSPS) is 26.2. The van der Waals surface area contributed by atoms with E-state index in [0.29, 0.717) is 12.1 Å². The molecule has 0 bridgehead atoms. The number of nitrogens with one attached hydrogen (secondary N) is 1.